The highest BCUT2D eigenvalue weighted by Gasteiger charge is 2.50. The van der Waals surface area contributed by atoms with E-state index in [1.54, 1.807) is 4.90 Å². The van der Waals surface area contributed by atoms with Gasteiger partial charge in [-0.1, -0.05) is 30.3 Å². The fraction of sp³-hybridized carbons (Fsp3) is 0.429. The number of rotatable bonds is 4. The molecule has 29 heavy (non-hydrogen) atoms. The molecule has 2 aliphatic rings. The molecule has 1 aromatic heterocycles. The van der Waals surface area contributed by atoms with Crippen molar-refractivity contribution in [1.29, 1.82) is 0 Å². The molecule has 0 radical (unpaired) electrons. The number of H-pyrrole nitrogens is 1. The van der Waals surface area contributed by atoms with Gasteiger partial charge in [0.15, 0.2) is 0 Å². The van der Waals surface area contributed by atoms with Gasteiger partial charge in [-0.15, -0.1) is 0 Å². The maximum atomic E-state index is 13.1. The summed E-state index contributed by atoms with van der Waals surface area (Å²) < 4.78 is 0. The SMILES string of the molecule is CC(C)NC(=O)[C@H]1C[C@H]2CN(C(=O)c3cnc[nH]3)CC(=O)N2[C@H]1c1ccccc1. The summed E-state index contributed by atoms with van der Waals surface area (Å²) in [6, 6.07) is 9.17. The van der Waals surface area contributed by atoms with Crippen molar-refractivity contribution in [1.82, 2.24) is 25.1 Å². The lowest BCUT2D eigenvalue weighted by Crippen LogP contribution is -2.56. The van der Waals surface area contributed by atoms with Crippen LogP contribution in [0.5, 0.6) is 0 Å². The Morgan fingerprint density at radius 1 is 1.24 bits per heavy atom. The minimum Gasteiger partial charge on any atom is -0.354 e. The number of carbonyl (C=O) groups is 3. The number of imidazole rings is 1. The zero-order valence-electron chi connectivity index (χ0n) is 16.5. The van der Waals surface area contributed by atoms with E-state index in [1.165, 1.54) is 12.5 Å². The summed E-state index contributed by atoms with van der Waals surface area (Å²) >= 11 is 0. The molecule has 8 heteroatoms. The van der Waals surface area contributed by atoms with Crippen LogP contribution in [0, 0.1) is 5.92 Å². The minimum atomic E-state index is -0.351. The largest absolute Gasteiger partial charge is 0.354 e. The van der Waals surface area contributed by atoms with Gasteiger partial charge in [0.2, 0.25) is 11.8 Å². The third kappa shape index (κ3) is 3.62. The first-order chi connectivity index (χ1) is 14.0. The highest BCUT2D eigenvalue weighted by molar-refractivity contribution is 5.96. The number of carbonyl (C=O) groups excluding carboxylic acids is 3. The Labute approximate surface area is 169 Å². The molecule has 0 aliphatic carbocycles. The van der Waals surface area contributed by atoms with Gasteiger partial charge >= 0.3 is 0 Å². The van der Waals surface area contributed by atoms with Gasteiger partial charge in [-0.25, -0.2) is 4.98 Å². The number of benzene rings is 1. The van der Waals surface area contributed by atoms with Crippen molar-refractivity contribution in [3.8, 4) is 0 Å². The Morgan fingerprint density at radius 2 is 2.00 bits per heavy atom. The summed E-state index contributed by atoms with van der Waals surface area (Å²) in [6.45, 7) is 4.25. The van der Waals surface area contributed by atoms with Crippen LogP contribution in [-0.2, 0) is 9.59 Å². The summed E-state index contributed by atoms with van der Waals surface area (Å²) in [6.07, 6.45) is 3.43. The average molecular weight is 395 g/mol. The van der Waals surface area contributed by atoms with E-state index < -0.39 is 0 Å². The predicted molar refractivity (Wildman–Crippen MR) is 106 cm³/mol. The molecule has 0 bridgehead atoms. The maximum Gasteiger partial charge on any atom is 0.272 e. The van der Waals surface area contributed by atoms with Crippen LogP contribution in [0.25, 0.3) is 0 Å². The van der Waals surface area contributed by atoms with Crippen LogP contribution < -0.4 is 5.32 Å². The van der Waals surface area contributed by atoms with E-state index in [9.17, 15) is 14.4 Å². The number of hydrogen-bond acceptors (Lipinski definition) is 4. The second kappa shape index (κ2) is 7.69. The molecule has 152 valence electrons. The van der Waals surface area contributed by atoms with E-state index in [2.05, 4.69) is 15.3 Å². The number of aromatic nitrogens is 2. The Balaban J connectivity index is 1.63. The lowest BCUT2D eigenvalue weighted by atomic mass is 9.92. The van der Waals surface area contributed by atoms with Crippen LogP contribution in [0.2, 0.25) is 0 Å². The third-order valence-corrected chi connectivity index (χ3v) is 5.57. The van der Waals surface area contributed by atoms with Crippen molar-refractivity contribution in [2.45, 2.75) is 38.4 Å². The molecule has 1 aromatic carbocycles. The van der Waals surface area contributed by atoms with Gasteiger partial charge in [0.05, 0.1) is 30.5 Å². The molecule has 3 heterocycles. The third-order valence-electron chi connectivity index (χ3n) is 5.57. The molecule has 2 fully saturated rings. The molecule has 2 N–H and O–H groups in total. The second-order valence-electron chi connectivity index (χ2n) is 7.97. The Kier molecular flexibility index (Phi) is 5.08. The highest BCUT2D eigenvalue weighted by atomic mass is 16.2. The summed E-state index contributed by atoms with van der Waals surface area (Å²) in [5.41, 5.74) is 1.30. The topological polar surface area (TPSA) is 98.4 Å². The van der Waals surface area contributed by atoms with Crippen LogP contribution in [-0.4, -0.2) is 62.7 Å². The molecule has 2 aliphatic heterocycles. The summed E-state index contributed by atoms with van der Waals surface area (Å²) in [5, 5.41) is 2.99. The van der Waals surface area contributed by atoms with E-state index in [-0.39, 0.29) is 48.3 Å². The lowest BCUT2D eigenvalue weighted by molar-refractivity contribution is -0.139. The van der Waals surface area contributed by atoms with Gasteiger partial charge in [-0.05, 0) is 25.8 Å². The minimum absolute atomic E-state index is 0.00376. The summed E-state index contributed by atoms with van der Waals surface area (Å²) in [5.74, 6) is -0.789. The second-order valence-corrected chi connectivity index (χ2v) is 7.97. The normalized spacial score (nSPS) is 24.0. The van der Waals surface area contributed by atoms with Crippen molar-refractivity contribution >= 4 is 17.7 Å². The fourth-order valence-electron chi connectivity index (χ4n) is 4.42. The number of nitrogens with one attached hydrogen (secondary N) is 2. The highest BCUT2D eigenvalue weighted by Crippen LogP contribution is 2.43. The number of hydrogen-bond donors (Lipinski definition) is 2. The van der Waals surface area contributed by atoms with Crippen LogP contribution in [0.1, 0.15) is 42.4 Å². The average Bonchev–Trinajstić information content (AvgIpc) is 3.35. The molecule has 0 saturated carbocycles. The number of fused-ring (bicyclic) bond motifs is 1. The Morgan fingerprint density at radius 3 is 2.66 bits per heavy atom. The number of piperazine rings is 1. The Hall–Kier alpha value is -3.16. The molecule has 3 atom stereocenters. The zero-order chi connectivity index (χ0) is 20.5. The van der Waals surface area contributed by atoms with E-state index in [1.807, 2.05) is 49.1 Å². The molecular weight excluding hydrogens is 370 g/mol. The van der Waals surface area contributed by atoms with E-state index in [4.69, 9.17) is 0 Å². The quantitative estimate of drug-likeness (QED) is 0.816. The molecule has 2 aromatic rings. The van der Waals surface area contributed by atoms with Gasteiger partial charge < -0.3 is 20.1 Å². The first-order valence-electron chi connectivity index (χ1n) is 9.90. The van der Waals surface area contributed by atoms with Crippen molar-refractivity contribution in [2.75, 3.05) is 13.1 Å². The summed E-state index contributed by atoms with van der Waals surface area (Å²) in [4.78, 5) is 48.8. The predicted octanol–water partition coefficient (Wildman–Crippen LogP) is 1.35. The van der Waals surface area contributed by atoms with E-state index in [0.29, 0.717) is 18.7 Å². The van der Waals surface area contributed by atoms with Crippen molar-refractivity contribution in [3.63, 3.8) is 0 Å². The van der Waals surface area contributed by atoms with Gasteiger partial charge in [0, 0.05) is 12.6 Å². The molecule has 0 unspecified atom stereocenters. The van der Waals surface area contributed by atoms with Gasteiger partial charge in [-0.3, -0.25) is 14.4 Å². The summed E-state index contributed by atoms with van der Waals surface area (Å²) in [7, 11) is 0. The molecule has 2 saturated heterocycles. The van der Waals surface area contributed by atoms with Gasteiger partial charge in [0.1, 0.15) is 12.2 Å². The number of aromatic amines is 1. The van der Waals surface area contributed by atoms with Crippen LogP contribution in [0.15, 0.2) is 42.9 Å². The molecule has 4 rings (SSSR count). The number of nitrogens with zero attached hydrogens (tertiary/aromatic N) is 3. The van der Waals surface area contributed by atoms with E-state index in [0.717, 1.165) is 5.56 Å². The standard InChI is InChI=1S/C21H25N5O3/c1-13(2)24-20(28)16-8-15-10-25(21(29)17-9-22-12-23-17)11-18(27)26(15)19(16)14-6-4-3-5-7-14/h3-7,9,12-13,15-16,19H,8,10-11H2,1-2H3,(H,22,23)(H,24,28)/t15-,16-,19-/m0/s1. The zero-order valence-corrected chi connectivity index (χ0v) is 16.5. The number of amides is 3. The fourth-order valence-corrected chi connectivity index (χ4v) is 4.42. The molecule has 0 spiro atoms. The monoisotopic (exact) mass is 395 g/mol. The first-order valence-corrected chi connectivity index (χ1v) is 9.90. The molecule has 3 amide bonds. The smallest absolute Gasteiger partial charge is 0.272 e. The van der Waals surface area contributed by atoms with Gasteiger partial charge in [0.25, 0.3) is 5.91 Å². The molecule has 8 nitrogen and oxygen atoms in total. The Bertz CT molecular complexity index is 896. The van der Waals surface area contributed by atoms with Crippen molar-refractivity contribution < 1.29 is 14.4 Å². The van der Waals surface area contributed by atoms with Gasteiger partial charge in [-0.2, -0.15) is 0 Å². The molecular formula is C21H25N5O3. The van der Waals surface area contributed by atoms with Crippen molar-refractivity contribution in [3.05, 3.63) is 54.1 Å². The van der Waals surface area contributed by atoms with Crippen LogP contribution in [0.3, 0.4) is 0 Å². The maximum absolute atomic E-state index is 13.1. The first kappa shape index (κ1) is 19.2. The van der Waals surface area contributed by atoms with Crippen molar-refractivity contribution in [2.24, 2.45) is 5.92 Å². The van der Waals surface area contributed by atoms with Crippen LogP contribution >= 0.6 is 0 Å². The van der Waals surface area contributed by atoms with Crippen LogP contribution in [0.4, 0.5) is 0 Å². The van der Waals surface area contributed by atoms with E-state index >= 15 is 0 Å². The lowest BCUT2D eigenvalue weighted by Gasteiger charge is -2.40.